The maximum absolute atomic E-state index is 2.49. The molecule has 2 aliphatic rings. The minimum absolute atomic E-state index is 0.165. The van der Waals surface area contributed by atoms with Crippen LogP contribution in [0.25, 0.3) is 12.2 Å². The third-order valence-electron chi connectivity index (χ3n) is 7.48. The average Bonchev–Trinajstić information content (AvgIpc) is 3.16. The first-order chi connectivity index (χ1) is 14.5. The van der Waals surface area contributed by atoms with Crippen LogP contribution in [0, 0.1) is 0 Å². The molecule has 0 aromatic heterocycles. The van der Waals surface area contributed by atoms with Crippen molar-refractivity contribution in [2.45, 2.75) is 90.1 Å². The summed E-state index contributed by atoms with van der Waals surface area (Å²) in [6, 6.07) is 16.8. The molecule has 2 aromatic rings. The molecular formula is C30H40Si. The molecule has 0 nitrogen and oxygen atoms in total. The molecule has 4 rings (SSSR count). The van der Waals surface area contributed by atoms with Gasteiger partial charge in [-0.05, 0) is 58.1 Å². The molecule has 2 aliphatic carbocycles. The summed E-state index contributed by atoms with van der Waals surface area (Å²) in [5.41, 5.74) is 12.8. The first kappa shape index (κ1) is 22.3. The van der Waals surface area contributed by atoms with E-state index >= 15 is 0 Å². The zero-order valence-corrected chi connectivity index (χ0v) is 22.3. The van der Waals surface area contributed by atoms with Gasteiger partial charge < -0.3 is 0 Å². The molecule has 164 valence electrons. The Labute approximate surface area is 192 Å². The number of benzene rings is 2. The van der Waals surface area contributed by atoms with Crippen molar-refractivity contribution in [2.75, 3.05) is 0 Å². The van der Waals surface area contributed by atoms with Gasteiger partial charge in [-0.1, -0.05) is 113 Å². The molecule has 1 heteroatoms. The number of allylic oxidation sites excluding steroid dienone is 2. The highest BCUT2D eigenvalue weighted by atomic mass is 28.2. The van der Waals surface area contributed by atoms with Gasteiger partial charge in [0.05, 0.1) is 0 Å². The van der Waals surface area contributed by atoms with Crippen LogP contribution in [0.5, 0.6) is 0 Å². The van der Waals surface area contributed by atoms with Crippen LogP contribution in [0.3, 0.4) is 0 Å². The number of hydrogen-bond donors (Lipinski definition) is 0. The zero-order chi connectivity index (χ0) is 22.6. The molecule has 0 aliphatic heterocycles. The Bertz CT molecular complexity index is 967. The smallest absolute Gasteiger partial charge is 0.0218 e. The molecule has 0 heterocycles. The lowest BCUT2D eigenvalue weighted by molar-refractivity contribution is 0.588. The highest BCUT2D eigenvalue weighted by Gasteiger charge is 2.30. The van der Waals surface area contributed by atoms with Gasteiger partial charge in [-0.2, -0.15) is 0 Å². The minimum atomic E-state index is -0.165. The lowest BCUT2D eigenvalue weighted by Gasteiger charge is -2.24. The van der Waals surface area contributed by atoms with Crippen LogP contribution < -0.4 is 0 Å². The molecule has 0 saturated carbocycles. The highest BCUT2D eigenvalue weighted by Crippen LogP contribution is 2.45. The highest BCUT2D eigenvalue weighted by molar-refractivity contribution is 6.36. The van der Waals surface area contributed by atoms with E-state index in [0.717, 1.165) is 0 Å². The standard InChI is InChI=1S/C30H40Si/c1-19-15-23-21(11-9-13-27(23)29(3,4)5)25(19)17-31-18-26-20(2)16-24-22(26)12-10-14-28(24)30(6,7)8/h9-16,25-26H,17-18,31H2,1-8H3. The van der Waals surface area contributed by atoms with Crippen molar-refractivity contribution in [3.63, 3.8) is 0 Å². The summed E-state index contributed by atoms with van der Waals surface area (Å²) in [5.74, 6) is 1.30. The van der Waals surface area contributed by atoms with Crippen molar-refractivity contribution in [2.24, 2.45) is 0 Å². The van der Waals surface area contributed by atoms with E-state index in [-0.39, 0.29) is 20.3 Å². The van der Waals surface area contributed by atoms with Crippen LogP contribution in [0.2, 0.25) is 12.1 Å². The largest absolute Gasteiger partial charge is 0.0655 e. The summed E-state index contributed by atoms with van der Waals surface area (Å²) >= 11 is 0. The minimum Gasteiger partial charge on any atom is -0.0655 e. The van der Waals surface area contributed by atoms with Gasteiger partial charge in [0.2, 0.25) is 0 Å². The van der Waals surface area contributed by atoms with Gasteiger partial charge in [0.15, 0.2) is 0 Å². The van der Waals surface area contributed by atoms with Crippen molar-refractivity contribution in [3.05, 3.63) is 80.9 Å². The average molecular weight is 429 g/mol. The van der Waals surface area contributed by atoms with Gasteiger partial charge >= 0.3 is 0 Å². The van der Waals surface area contributed by atoms with Crippen molar-refractivity contribution in [3.8, 4) is 0 Å². The van der Waals surface area contributed by atoms with Crippen molar-refractivity contribution < 1.29 is 0 Å². The maximum Gasteiger partial charge on any atom is 0.0218 e. The molecule has 0 radical (unpaired) electrons. The van der Waals surface area contributed by atoms with E-state index in [1.54, 1.807) is 22.3 Å². The Hall–Kier alpha value is -1.86. The Morgan fingerprint density at radius 3 is 1.39 bits per heavy atom. The van der Waals surface area contributed by atoms with Crippen LogP contribution in [0.1, 0.15) is 101 Å². The molecule has 0 bridgehead atoms. The van der Waals surface area contributed by atoms with Crippen molar-refractivity contribution in [1.29, 1.82) is 0 Å². The first-order valence-corrected chi connectivity index (χ1v) is 14.1. The predicted molar refractivity (Wildman–Crippen MR) is 141 cm³/mol. The third-order valence-corrected chi connectivity index (χ3v) is 9.45. The molecule has 0 fully saturated rings. The van der Waals surface area contributed by atoms with Crippen LogP contribution >= 0.6 is 0 Å². The molecule has 2 unspecified atom stereocenters. The Morgan fingerprint density at radius 1 is 0.645 bits per heavy atom. The summed E-state index contributed by atoms with van der Waals surface area (Å²) < 4.78 is 0. The Morgan fingerprint density at radius 2 is 1.03 bits per heavy atom. The Balaban J connectivity index is 1.51. The van der Waals surface area contributed by atoms with Gasteiger partial charge in [-0.15, -0.1) is 0 Å². The van der Waals surface area contributed by atoms with Crippen LogP contribution in [0.15, 0.2) is 47.5 Å². The molecule has 0 N–H and O–H groups in total. The molecular weight excluding hydrogens is 388 g/mol. The summed E-state index contributed by atoms with van der Waals surface area (Å²) in [6.45, 7) is 18.8. The maximum atomic E-state index is 2.49. The fourth-order valence-corrected chi connectivity index (χ4v) is 8.43. The van der Waals surface area contributed by atoms with Crippen LogP contribution in [0.4, 0.5) is 0 Å². The number of fused-ring (bicyclic) bond motifs is 2. The van der Waals surface area contributed by atoms with Crippen LogP contribution in [-0.4, -0.2) is 9.52 Å². The van der Waals surface area contributed by atoms with Crippen LogP contribution in [-0.2, 0) is 10.8 Å². The van der Waals surface area contributed by atoms with E-state index in [9.17, 15) is 0 Å². The summed E-state index contributed by atoms with van der Waals surface area (Å²) in [5, 5.41) is 0. The second-order valence-corrected chi connectivity index (χ2v) is 13.8. The van der Waals surface area contributed by atoms with Gasteiger partial charge in [-0.25, -0.2) is 0 Å². The number of rotatable bonds is 4. The lowest BCUT2D eigenvalue weighted by atomic mass is 9.82. The third kappa shape index (κ3) is 4.14. The van der Waals surface area contributed by atoms with Crippen molar-refractivity contribution in [1.82, 2.24) is 0 Å². The summed E-state index contributed by atoms with van der Waals surface area (Å²) in [4.78, 5) is 0. The summed E-state index contributed by atoms with van der Waals surface area (Å²) in [6.07, 6.45) is 4.97. The van der Waals surface area contributed by atoms with E-state index in [1.165, 1.54) is 34.3 Å². The van der Waals surface area contributed by atoms with Crippen molar-refractivity contribution >= 4 is 21.7 Å². The van der Waals surface area contributed by atoms with E-state index in [1.807, 2.05) is 0 Å². The molecule has 0 amide bonds. The second kappa shape index (κ2) is 7.92. The monoisotopic (exact) mass is 428 g/mol. The molecule has 0 spiro atoms. The van der Waals surface area contributed by atoms with Gasteiger partial charge in [0.25, 0.3) is 0 Å². The SMILES string of the molecule is CC1=Cc2c(cccc2C(C)(C)C)C1C[SiH2]CC1C(C)=Cc2c1cccc2C(C)(C)C. The van der Waals surface area contributed by atoms with E-state index in [4.69, 9.17) is 0 Å². The van der Waals surface area contributed by atoms with Gasteiger partial charge in [0, 0.05) is 21.4 Å². The quantitative estimate of drug-likeness (QED) is 0.433. The molecule has 2 atom stereocenters. The van der Waals surface area contributed by atoms with E-state index in [2.05, 4.69) is 104 Å². The fourth-order valence-electron chi connectivity index (χ4n) is 5.84. The Kier molecular flexibility index (Phi) is 5.71. The van der Waals surface area contributed by atoms with E-state index in [0.29, 0.717) is 11.8 Å². The first-order valence-electron chi connectivity index (χ1n) is 12.1. The fraction of sp³-hybridized carbons (Fsp3) is 0.467. The second-order valence-electron chi connectivity index (χ2n) is 11.9. The lowest BCUT2D eigenvalue weighted by Crippen LogP contribution is -2.14. The number of hydrogen-bond acceptors (Lipinski definition) is 0. The van der Waals surface area contributed by atoms with Gasteiger partial charge in [-0.3, -0.25) is 0 Å². The summed E-state index contributed by atoms with van der Waals surface area (Å²) in [7, 11) is -0.165. The molecule has 2 aromatic carbocycles. The van der Waals surface area contributed by atoms with E-state index < -0.39 is 0 Å². The molecule has 31 heavy (non-hydrogen) atoms. The topological polar surface area (TPSA) is 0 Å². The zero-order valence-electron chi connectivity index (χ0n) is 20.9. The van der Waals surface area contributed by atoms with Gasteiger partial charge in [0.1, 0.15) is 0 Å². The predicted octanol–water partition coefficient (Wildman–Crippen LogP) is 7.99. The normalized spacial score (nSPS) is 20.8. The molecule has 0 saturated heterocycles.